The van der Waals surface area contributed by atoms with E-state index < -0.39 is 17.0 Å². The second-order valence-electron chi connectivity index (χ2n) is 6.76. The number of benzene rings is 1. The number of carbonyl (C=O) groups excluding carboxylic acids is 1. The zero-order valence-electron chi connectivity index (χ0n) is 16.6. The molecular weight excluding hydrogens is 434 g/mol. The number of nitrogens with two attached hydrogens (primary N) is 1. The van der Waals surface area contributed by atoms with Crippen LogP contribution in [0.2, 0.25) is 0 Å². The number of thioether (sulfide) groups is 1. The van der Waals surface area contributed by atoms with Gasteiger partial charge in [0.25, 0.3) is 5.56 Å². The first kappa shape index (κ1) is 21.0. The summed E-state index contributed by atoms with van der Waals surface area (Å²) in [4.78, 5) is 48.9. The van der Waals surface area contributed by atoms with Crippen LogP contribution >= 0.6 is 23.1 Å². The molecular formula is C21H19N5O3S2. The topological polar surface area (TPSA) is 124 Å². The Balaban J connectivity index is 1.67. The Hall–Kier alpha value is -3.24. The third-order valence-electron chi connectivity index (χ3n) is 4.73. The number of carbonyl (C=O) groups is 1. The second kappa shape index (κ2) is 8.86. The Labute approximate surface area is 185 Å². The molecule has 1 aromatic carbocycles. The van der Waals surface area contributed by atoms with Crippen LogP contribution in [-0.4, -0.2) is 31.1 Å². The number of nitrogens with zero attached hydrogens (tertiary/aromatic N) is 3. The van der Waals surface area contributed by atoms with Crippen LogP contribution in [0.3, 0.4) is 0 Å². The Bertz CT molecular complexity index is 1380. The molecule has 0 saturated heterocycles. The SMILES string of the molecule is CCCn1c(N)c(C(=O)CSc2ncnc3scc(-c4ccccc4)c23)c(=O)[nH]c1=O. The van der Waals surface area contributed by atoms with Gasteiger partial charge in [-0.15, -0.1) is 11.3 Å². The van der Waals surface area contributed by atoms with Gasteiger partial charge < -0.3 is 5.73 Å². The molecule has 0 atom stereocenters. The van der Waals surface area contributed by atoms with E-state index in [0.29, 0.717) is 18.0 Å². The van der Waals surface area contributed by atoms with Crippen LogP contribution in [0, 0.1) is 0 Å². The fourth-order valence-electron chi connectivity index (χ4n) is 3.30. The lowest BCUT2D eigenvalue weighted by Gasteiger charge is -2.11. The minimum absolute atomic E-state index is 0.0478. The number of hydrogen-bond donors (Lipinski definition) is 2. The molecule has 0 saturated carbocycles. The number of nitrogen functional groups attached to an aromatic ring is 1. The Morgan fingerprint density at radius 1 is 1.23 bits per heavy atom. The average molecular weight is 454 g/mol. The van der Waals surface area contributed by atoms with Gasteiger partial charge in [0, 0.05) is 17.5 Å². The predicted molar refractivity (Wildman–Crippen MR) is 124 cm³/mol. The first-order valence-electron chi connectivity index (χ1n) is 9.57. The zero-order chi connectivity index (χ0) is 22.0. The normalized spacial score (nSPS) is 11.1. The quantitative estimate of drug-likeness (QED) is 0.250. The van der Waals surface area contributed by atoms with Crippen LogP contribution in [0.4, 0.5) is 5.82 Å². The molecule has 3 N–H and O–H groups in total. The molecule has 0 aliphatic heterocycles. The van der Waals surface area contributed by atoms with E-state index in [-0.39, 0.29) is 17.1 Å². The van der Waals surface area contributed by atoms with Crippen molar-refractivity contribution in [2.24, 2.45) is 0 Å². The summed E-state index contributed by atoms with van der Waals surface area (Å²) in [6, 6.07) is 9.87. The van der Waals surface area contributed by atoms with Crippen LogP contribution in [0.15, 0.2) is 56.7 Å². The highest BCUT2D eigenvalue weighted by Gasteiger charge is 2.21. The van der Waals surface area contributed by atoms with Gasteiger partial charge in [-0.1, -0.05) is 49.0 Å². The molecule has 0 aliphatic rings. The van der Waals surface area contributed by atoms with Gasteiger partial charge in [-0.2, -0.15) is 0 Å². The summed E-state index contributed by atoms with van der Waals surface area (Å²) in [7, 11) is 0. The Kier molecular flexibility index (Phi) is 6.01. The van der Waals surface area contributed by atoms with E-state index in [1.165, 1.54) is 34.0 Å². The van der Waals surface area contributed by atoms with Crippen LogP contribution in [0.5, 0.6) is 0 Å². The molecule has 4 aromatic rings. The summed E-state index contributed by atoms with van der Waals surface area (Å²) in [5.41, 5.74) is 6.45. The molecule has 158 valence electrons. The number of Topliss-reactive ketones (excluding diaryl/α,β-unsaturated/α-hetero) is 1. The number of ketones is 1. The molecule has 0 unspecified atom stereocenters. The molecule has 0 spiro atoms. The highest BCUT2D eigenvalue weighted by atomic mass is 32.2. The zero-order valence-corrected chi connectivity index (χ0v) is 18.3. The maximum atomic E-state index is 12.9. The maximum absolute atomic E-state index is 12.9. The molecule has 10 heteroatoms. The number of aromatic amines is 1. The van der Waals surface area contributed by atoms with Crippen molar-refractivity contribution in [2.45, 2.75) is 24.9 Å². The van der Waals surface area contributed by atoms with Crippen molar-refractivity contribution in [3.8, 4) is 11.1 Å². The number of nitrogens with one attached hydrogen (secondary N) is 1. The summed E-state index contributed by atoms with van der Waals surface area (Å²) < 4.78 is 1.22. The van der Waals surface area contributed by atoms with E-state index >= 15 is 0 Å². The minimum Gasteiger partial charge on any atom is -0.384 e. The number of fused-ring (bicyclic) bond motifs is 1. The summed E-state index contributed by atoms with van der Waals surface area (Å²) >= 11 is 2.72. The van der Waals surface area contributed by atoms with Gasteiger partial charge in [0.05, 0.1) is 11.1 Å². The fourth-order valence-corrected chi connectivity index (χ4v) is 5.16. The van der Waals surface area contributed by atoms with E-state index in [1.807, 2.05) is 42.6 Å². The molecule has 8 nitrogen and oxygen atoms in total. The lowest BCUT2D eigenvalue weighted by molar-refractivity contribution is 0.102. The van der Waals surface area contributed by atoms with Gasteiger partial charge in [0.2, 0.25) is 0 Å². The van der Waals surface area contributed by atoms with Crippen molar-refractivity contribution in [3.63, 3.8) is 0 Å². The number of hydrogen-bond acceptors (Lipinski definition) is 8. The van der Waals surface area contributed by atoms with E-state index in [2.05, 4.69) is 15.0 Å². The molecule has 0 fully saturated rings. The largest absolute Gasteiger partial charge is 0.384 e. The van der Waals surface area contributed by atoms with Crippen molar-refractivity contribution in [2.75, 3.05) is 11.5 Å². The molecule has 4 rings (SSSR count). The van der Waals surface area contributed by atoms with E-state index in [9.17, 15) is 14.4 Å². The monoisotopic (exact) mass is 453 g/mol. The summed E-state index contributed by atoms with van der Waals surface area (Å²) in [6.07, 6.45) is 2.10. The molecule has 0 amide bonds. The second-order valence-corrected chi connectivity index (χ2v) is 8.58. The summed E-state index contributed by atoms with van der Waals surface area (Å²) in [5, 5.41) is 3.54. The predicted octanol–water partition coefficient (Wildman–Crippen LogP) is 3.18. The van der Waals surface area contributed by atoms with Crippen LogP contribution in [-0.2, 0) is 6.54 Å². The highest BCUT2D eigenvalue weighted by Crippen LogP contribution is 2.37. The van der Waals surface area contributed by atoms with Crippen LogP contribution < -0.4 is 17.0 Å². The molecule has 31 heavy (non-hydrogen) atoms. The van der Waals surface area contributed by atoms with Crippen LogP contribution in [0.1, 0.15) is 23.7 Å². The molecule has 0 bridgehead atoms. The van der Waals surface area contributed by atoms with E-state index in [1.54, 1.807) is 0 Å². The van der Waals surface area contributed by atoms with Gasteiger partial charge in [-0.3, -0.25) is 19.1 Å². The smallest absolute Gasteiger partial charge is 0.329 e. The van der Waals surface area contributed by atoms with Gasteiger partial charge in [-0.25, -0.2) is 14.8 Å². The van der Waals surface area contributed by atoms with E-state index in [0.717, 1.165) is 21.3 Å². The molecule has 3 aromatic heterocycles. The minimum atomic E-state index is -0.770. The van der Waals surface area contributed by atoms with Gasteiger partial charge in [0.15, 0.2) is 5.78 Å². The van der Waals surface area contributed by atoms with Crippen molar-refractivity contribution in [1.29, 1.82) is 0 Å². The molecule has 0 aliphatic carbocycles. The average Bonchev–Trinajstić information content (AvgIpc) is 3.20. The summed E-state index contributed by atoms with van der Waals surface area (Å²) in [6.45, 7) is 2.19. The lowest BCUT2D eigenvalue weighted by atomic mass is 10.1. The van der Waals surface area contributed by atoms with Gasteiger partial charge in [-0.05, 0) is 12.0 Å². The number of thiophene rings is 1. The van der Waals surface area contributed by atoms with Gasteiger partial charge in [0.1, 0.15) is 27.6 Å². The molecule has 0 radical (unpaired) electrons. The van der Waals surface area contributed by atoms with Crippen molar-refractivity contribution in [1.82, 2.24) is 19.5 Å². The first-order chi connectivity index (χ1) is 15.0. The first-order valence-corrected chi connectivity index (χ1v) is 11.4. The maximum Gasteiger partial charge on any atom is 0.329 e. The number of rotatable bonds is 7. The third kappa shape index (κ3) is 4.04. The van der Waals surface area contributed by atoms with Crippen molar-refractivity contribution < 1.29 is 4.79 Å². The van der Waals surface area contributed by atoms with Crippen molar-refractivity contribution in [3.05, 3.63) is 68.4 Å². The van der Waals surface area contributed by atoms with E-state index in [4.69, 9.17) is 5.73 Å². The van der Waals surface area contributed by atoms with Crippen LogP contribution in [0.25, 0.3) is 21.3 Å². The number of aromatic nitrogens is 4. The fraction of sp³-hybridized carbons (Fsp3) is 0.190. The number of anilines is 1. The van der Waals surface area contributed by atoms with Crippen molar-refractivity contribution >= 4 is 44.9 Å². The standard InChI is InChI=1S/C21H19N5O3S2/c1-2-8-26-17(22)16(18(28)25-21(26)29)14(27)10-31-20-15-13(12-6-4-3-5-7-12)9-30-19(15)23-11-24-20/h3-7,9,11H,2,8,10,22H2,1H3,(H,25,28,29). The summed E-state index contributed by atoms with van der Waals surface area (Å²) in [5.74, 6) is -0.611. The van der Waals surface area contributed by atoms with Gasteiger partial charge >= 0.3 is 5.69 Å². The lowest BCUT2D eigenvalue weighted by Crippen LogP contribution is -2.36. The number of H-pyrrole nitrogens is 1. The Morgan fingerprint density at radius 3 is 2.74 bits per heavy atom. The highest BCUT2D eigenvalue weighted by molar-refractivity contribution is 8.00. The third-order valence-corrected chi connectivity index (χ3v) is 6.60. The molecule has 3 heterocycles. The Morgan fingerprint density at radius 2 is 2.00 bits per heavy atom.